The van der Waals surface area contributed by atoms with Gasteiger partial charge in [-0.25, -0.2) is 0 Å². The molecule has 146 valence electrons. The van der Waals surface area contributed by atoms with E-state index in [0.29, 0.717) is 35.1 Å². The van der Waals surface area contributed by atoms with Crippen LogP contribution in [-0.2, 0) is 4.79 Å². The molecular formula is C21H23N3O4. The summed E-state index contributed by atoms with van der Waals surface area (Å²) in [5, 5.41) is 8.36. The quantitative estimate of drug-likeness (QED) is 0.545. The van der Waals surface area contributed by atoms with Crippen molar-refractivity contribution in [3.05, 3.63) is 47.5 Å². The number of rotatable bonds is 7. The molecule has 0 saturated carbocycles. The standard InChI is InChI=1S/C21H23N3O4/c1-5-10-24-16-9-7-6-8-15(16)20(21(24)25)23-22-13-14-11-18(27-3)19(28-4)12-17(14)26-2/h6-9,11-13H,5,10H2,1-4H3/b22-13-,23-20+. The molecule has 0 fully saturated rings. The molecule has 0 aromatic heterocycles. The van der Waals surface area contributed by atoms with E-state index in [2.05, 4.69) is 10.2 Å². The molecule has 2 aromatic carbocycles. The lowest BCUT2D eigenvalue weighted by Crippen LogP contribution is -2.30. The minimum Gasteiger partial charge on any atom is -0.496 e. The van der Waals surface area contributed by atoms with Gasteiger partial charge in [-0.15, -0.1) is 5.10 Å². The fourth-order valence-electron chi connectivity index (χ4n) is 3.11. The van der Waals surface area contributed by atoms with E-state index in [1.54, 1.807) is 38.4 Å². The van der Waals surface area contributed by atoms with Crippen LogP contribution >= 0.6 is 0 Å². The lowest BCUT2D eigenvalue weighted by atomic mass is 10.1. The number of hydrogen-bond acceptors (Lipinski definition) is 6. The highest BCUT2D eigenvalue weighted by atomic mass is 16.5. The van der Waals surface area contributed by atoms with Gasteiger partial charge in [0.2, 0.25) is 0 Å². The van der Waals surface area contributed by atoms with Crippen LogP contribution in [-0.4, -0.2) is 45.7 Å². The van der Waals surface area contributed by atoms with E-state index in [1.165, 1.54) is 6.21 Å². The van der Waals surface area contributed by atoms with E-state index in [9.17, 15) is 4.79 Å². The van der Waals surface area contributed by atoms with Crippen LogP contribution in [0.3, 0.4) is 0 Å². The monoisotopic (exact) mass is 381 g/mol. The number of methoxy groups -OCH3 is 3. The van der Waals surface area contributed by atoms with Crippen LogP contribution in [0.25, 0.3) is 0 Å². The zero-order valence-corrected chi connectivity index (χ0v) is 16.4. The molecule has 0 N–H and O–H groups in total. The molecule has 1 aliphatic heterocycles. The second-order valence-electron chi connectivity index (χ2n) is 6.12. The number of para-hydroxylation sites is 1. The topological polar surface area (TPSA) is 72.7 Å². The van der Waals surface area contributed by atoms with Gasteiger partial charge in [0, 0.05) is 23.7 Å². The van der Waals surface area contributed by atoms with Crippen molar-refractivity contribution < 1.29 is 19.0 Å². The van der Waals surface area contributed by atoms with E-state index in [4.69, 9.17) is 14.2 Å². The Balaban J connectivity index is 1.96. The van der Waals surface area contributed by atoms with E-state index in [-0.39, 0.29) is 5.91 Å². The molecule has 0 bridgehead atoms. The number of nitrogens with zero attached hydrogens (tertiary/aromatic N) is 3. The van der Waals surface area contributed by atoms with E-state index in [0.717, 1.165) is 17.7 Å². The van der Waals surface area contributed by atoms with Crippen molar-refractivity contribution in [2.75, 3.05) is 32.8 Å². The molecule has 0 saturated heterocycles. The van der Waals surface area contributed by atoms with Gasteiger partial charge >= 0.3 is 0 Å². The Bertz CT molecular complexity index is 937. The molecule has 0 aliphatic carbocycles. The minimum absolute atomic E-state index is 0.139. The molecule has 0 spiro atoms. The third kappa shape index (κ3) is 3.55. The molecule has 7 heteroatoms. The van der Waals surface area contributed by atoms with Crippen molar-refractivity contribution in [1.82, 2.24) is 0 Å². The molecule has 0 radical (unpaired) electrons. The summed E-state index contributed by atoms with van der Waals surface area (Å²) in [6, 6.07) is 11.1. The molecule has 1 amide bonds. The molecule has 1 aliphatic rings. The zero-order valence-electron chi connectivity index (χ0n) is 16.4. The van der Waals surface area contributed by atoms with E-state index >= 15 is 0 Å². The SMILES string of the molecule is CCCN1C(=O)/C(=N/N=C\c2cc(OC)c(OC)cc2OC)c2ccccc21. The van der Waals surface area contributed by atoms with Gasteiger partial charge in [-0.1, -0.05) is 25.1 Å². The fourth-order valence-corrected chi connectivity index (χ4v) is 3.11. The number of fused-ring (bicyclic) bond motifs is 1. The summed E-state index contributed by atoms with van der Waals surface area (Å²) in [5.74, 6) is 1.53. The van der Waals surface area contributed by atoms with Crippen molar-refractivity contribution >= 4 is 23.5 Å². The van der Waals surface area contributed by atoms with Gasteiger partial charge in [-0.2, -0.15) is 5.10 Å². The predicted molar refractivity (Wildman–Crippen MR) is 109 cm³/mol. The molecule has 28 heavy (non-hydrogen) atoms. The maximum absolute atomic E-state index is 12.8. The van der Waals surface area contributed by atoms with Crippen LogP contribution in [0.1, 0.15) is 24.5 Å². The third-order valence-corrected chi connectivity index (χ3v) is 4.44. The highest BCUT2D eigenvalue weighted by molar-refractivity contribution is 6.54. The van der Waals surface area contributed by atoms with Crippen molar-refractivity contribution in [3.63, 3.8) is 0 Å². The molecular weight excluding hydrogens is 358 g/mol. The molecule has 7 nitrogen and oxygen atoms in total. The maximum Gasteiger partial charge on any atom is 0.279 e. The van der Waals surface area contributed by atoms with E-state index < -0.39 is 0 Å². The fraction of sp³-hybridized carbons (Fsp3) is 0.286. The number of anilines is 1. The van der Waals surface area contributed by atoms with Gasteiger partial charge in [0.05, 0.1) is 33.2 Å². The number of amides is 1. The number of hydrogen-bond donors (Lipinski definition) is 0. The lowest BCUT2D eigenvalue weighted by molar-refractivity contribution is -0.112. The Morgan fingerprint density at radius 2 is 1.68 bits per heavy atom. The third-order valence-electron chi connectivity index (χ3n) is 4.44. The summed E-state index contributed by atoms with van der Waals surface area (Å²) >= 11 is 0. The first-order chi connectivity index (χ1) is 13.6. The van der Waals surface area contributed by atoms with Gasteiger partial charge in [-0.05, 0) is 18.6 Å². The van der Waals surface area contributed by atoms with E-state index in [1.807, 2.05) is 31.2 Å². The molecule has 3 rings (SSSR count). The Kier molecular flexibility index (Phi) is 5.93. The summed E-state index contributed by atoms with van der Waals surface area (Å²) in [4.78, 5) is 14.5. The highest BCUT2D eigenvalue weighted by Gasteiger charge is 2.33. The van der Waals surface area contributed by atoms with Crippen LogP contribution in [0.5, 0.6) is 17.2 Å². The van der Waals surface area contributed by atoms with Crippen LogP contribution in [0.4, 0.5) is 5.69 Å². The highest BCUT2D eigenvalue weighted by Crippen LogP contribution is 2.34. The predicted octanol–water partition coefficient (Wildman–Crippen LogP) is 3.29. The van der Waals surface area contributed by atoms with Crippen molar-refractivity contribution in [2.45, 2.75) is 13.3 Å². The maximum atomic E-state index is 12.8. The van der Waals surface area contributed by atoms with Gasteiger partial charge in [0.15, 0.2) is 17.2 Å². The average molecular weight is 381 g/mol. The number of carbonyl (C=O) groups excluding carboxylic acids is 1. The van der Waals surface area contributed by atoms with Gasteiger partial charge in [0.25, 0.3) is 5.91 Å². The van der Waals surface area contributed by atoms with Gasteiger partial charge in [-0.3, -0.25) is 4.79 Å². The second kappa shape index (κ2) is 8.56. The summed E-state index contributed by atoms with van der Waals surface area (Å²) in [6.07, 6.45) is 2.39. The van der Waals surface area contributed by atoms with Gasteiger partial charge < -0.3 is 19.1 Å². The normalized spacial score (nSPS) is 14.6. The first-order valence-corrected chi connectivity index (χ1v) is 8.96. The summed E-state index contributed by atoms with van der Waals surface area (Å²) < 4.78 is 16.0. The smallest absolute Gasteiger partial charge is 0.279 e. The first kappa shape index (κ1) is 19.4. The Labute approximate surface area is 164 Å². The number of ether oxygens (including phenoxy) is 3. The van der Waals surface area contributed by atoms with Crippen molar-refractivity contribution in [2.24, 2.45) is 10.2 Å². The zero-order chi connectivity index (χ0) is 20.1. The number of carbonyl (C=O) groups is 1. The largest absolute Gasteiger partial charge is 0.496 e. The van der Waals surface area contributed by atoms with Crippen LogP contribution < -0.4 is 19.1 Å². The molecule has 0 unspecified atom stereocenters. The molecule has 0 atom stereocenters. The first-order valence-electron chi connectivity index (χ1n) is 8.96. The Morgan fingerprint density at radius 1 is 1.00 bits per heavy atom. The Morgan fingerprint density at radius 3 is 2.36 bits per heavy atom. The summed E-state index contributed by atoms with van der Waals surface area (Å²) in [6.45, 7) is 2.68. The van der Waals surface area contributed by atoms with Gasteiger partial charge in [0.1, 0.15) is 5.75 Å². The van der Waals surface area contributed by atoms with Crippen LogP contribution in [0.15, 0.2) is 46.6 Å². The Hall–Kier alpha value is -3.35. The van der Waals surface area contributed by atoms with Crippen LogP contribution in [0, 0.1) is 0 Å². The summed E-state index contributed by atoms with van der Waals surface area (Å²) in [5.41, 5.74) is 2.65. The lowest BCUT2D eigenvalue weighted by Gasteiger charge is -2.14. The molecule has 1 heterocycles. The molecule has 2 aromatic rings. The summed E-state index contributed by atoms with van der Waals surface area (Å²) in [7, 11) is 4.67. The number of benzene rings is 2. The average Bonchev–Trinajstić information content (AvgIpc) is 2.99. The van der Waals surface area contributed by atoms with Crippen molar-refractivity contribution in [1.29, 1.82) is 0 Å². The van der Waals surface area contributed by atoms with Crippen molar-refractivity contribution in [3.8, 4) is 17.2 Å². The van der Waals surface area contributed by atoms with Crippen LogP contribution in [0.2, 0.25) is 0 Å². The second-order valence-corrected chi connectivity index (χ2v) is 6.12. The minimum atomic E-state index is -0.139.